The van der Waals surface area contributed by atoms with Crippen LogP contribution in [0.3, 0.4) is 0 Å². The molecule has 0 aliphatic carbocycles. The van der Waals surface area contributed by atoms with Crippen LogP contribution in [-0.4, -0.2) is 30.3 Å². The van der Waals surface area contributed by atoms with Crippen molar-refractivity contribution in [1.82, 2.24) is 24.5 Å². The maximum absolute atomic E-state index is 13.2. The zero-order valence-electron chi connectivity index (χ0n) is 16.9. The zero-order chi connectivity index (χ0) is 22.2. The predicted molar refractivity (Wildman–Crippen MR) is 101 cm³/mol. The van der Waals surface area contributed by atoms with Gasteiger partial charge in [-0.25, -0.2) is 18.7 Å². The lowest BCUT2D eigenvalue weighted by Gasteiger charge is -2.15. The summed E-state index contributed by atoms with van der Waals surface area (Å²) in [6.07, 6.45) is -3.16. The minimum absolute atomic E-state index is 0.000553. The molecule has 2 aromatic heterocycles. The van der Waals surface area contributed by atoms with E-state index in [4.69, 9.17) is 0 Å². The largest absolute Gasteiger partial charge is 0.453 e. The molecule has 0 bridgehead atoms. The average molecular weight is 423 g/mol. The van der Waals surface area contributed by atoms with Crippen LogP contribution in [0.15, 0.2) is 30.5 Å². The topological polar surface area (TPSA) is 65.6 Å². The maximum Gasteiger partial charge on any atom is 0.453 e. The summed E-state index contributed by atoms with van der Waals surface area (Å²) < 4.78 is 54.5. The molecule has 0 saturated heterocycles. The van der Waals surface area contributed by atoms with E-state index in [0.29, 0.717) is 11.3 Å². The fourth-order valence-corrected chi connectivity index (χ4v) is 3.29. The number of hydrogen-bond donors (Lipinski definition) is 0. The van der Waals surface area contributed by atoms with Gasteiger partial charge in [0.15, 0.2) is 5.78 Å². The van der Waals surface area contributed by atoms with E-state index in [1.165, 1.54) is 26.0 Å². The maximum atomic E-state index is 13.2. The second kappa shape index (κ2) is 8.00. The molecule has 0 aliphatic rings. The van der Waals surface area contributed by atoms with Crippen molar-refractivity contribution in [3.63, 3.8) is 0 Å². The Labute approximate surface area is 170 Å². The predicted octanol–water partition coefficient (Wildman–Crippen LogP) is 4.43. The van der Waals surface area contributed by atoms with Crippen LogP contribution < -0.4 is 0 Å². The number of Topliss-reactive ketones (excluding diaryl/α,β-unsaturated/α-hetero) is 1. The lowest BCUT2D eigenvalue weighted by Crippen LogP contribution is -2.22. The third-order valence-electron chi connectivity index (χ3n) is 4.76. The van der Waals surface area contributed by atoms with E-state index in [-0.39, 0.29) is 29.8 Å². The Morgan fingerprint density at radius 3 is 2.30 bits per heavy atom. The summed E-state index contributed by atoms with van der Waals surface area (Å²) in [6.45, 7) is 6.74. The zero-order valence-corrected chi connectivity index (χ0v) is 16.9. The summed E-state index contributed by atoms with van der Waals surface area (Å²) in [5.41, 5.74) is 2.07. The summed E-state index contributed by atoms with van der Waals surface area (Å²) in [4.78, 5) is 16.2. The number of carbonyl (C=O) groups is 1. The van der Waals surface area contributed by atoms with Gasteiger partial charge in [-0.15, -0.1) is 5.10 Å². The number of hydrogen-bond acceptors (Lipinski definition) is 4. The SMILES string of the molecule is Cc1nc(C(F)(F)F)nn1C(C)C(=O)Cc1cnn(-c2ccc(F)cc2)c1C(C)C. The van der Waals surface area contributed by atoms with Crippen LogP contribution in [0.1, 0.15) is 55.6 Å². The first-order chi connectivity index (χ1) is 14.0. The van der Waals surface area contributed by atoms with Crippen molar-refractivity contribution in [3.05, 3.63) is 59.2 Å². The van der Waals surface area contributed by atoms with Gasteiger partial charge in [-0.3, -0.25) is 4.79 Å². The number of benzene rings is 1. The third kappa shape index (κ3) is 4.27. The summed E-state index contributed by atoms with van der Waals surface area (Å²) in [5, 5.41) is 7.80. The van der Waals surface area contributed by atoms with E-state index in [1.807, 2.05) is 13.8 Å². The van der Waals surface area contributed by atoms with Crippen molar-refractivity contribution in [2.24, 2.45) is 0 Å². The number of halogens is 4. The van der Waals surface area contributed by atoms with E-state index in [2.05, 4.69) is 15.2 Å². The fourth-order valence-electron chi connectivity index (χ4n) is 3.29. The quantitative estimate of drug-likeness (QED) is 0.551. The number of alkyl halides is 3. The molecule has 2 heterocycles. The Morgan fingerprint density at radius 2 is 1.77 bits per heavy atom. The van der Waals surface area contributed by atoms with E-state index >= 15 is 0 Å². The highest BCUT2D eigenvalue weighted by molar-refractivity contribution is 5.84. The van der Waals surface area contributed by atoms with Crippen LogP contribution in [0.25, 0.3) is 5.69 Å². The Kier molecular flexibility index (Phi) is 5.78. The number of nitrogens with zero attached hydrogens (tertiary/aromatic N) is 5. The summed E-state index contributed by atoms with van der Waals surface area (Å²) in [6, 6.07) is 4.88. The van der Waals surface area contributed by atoms with Crippen LogP contribution in [0.4, 0.5) is 17.6 Å². The monoisotopic (exact) mass is 423 g/mol. The first-order valence-electron chi connectivity index (χ1n) is 9.34. The van der Waals surface area contributed by atoms with Crippen molar-refractivity contribution in [1.29, 1.82) is 0 Å². The summed E-state index contributed by atoms with van der Waals surface area (Å²) in [5.74, 6) is -1.96. The van der Waals surface area contributed by atoms with Gasteiger partial charge in [0.2, 0.25) is 0 Å². The number of rotatable bonds is 6. The Bertz CT molecular complexity index is 1050. The minimum atomic E-state index is -4.68. The van der Waals surface area contributed by atoms with Crippen molar-refractivity contribution in [2.75, 3.05) is 0 Å². The van der Waals surface area contributed by atoms with Crippen molar-refractivity contribution < 1.29 is 22.4 Å². The smallest absolute Gasteiger partial charge is 0.297 e. The lowest BCUT2D eigenvalue weighted by atomic mass is 9.99. The molecule has 1 aromatic carbocycles. The minimum Gasteiger partial charge on any atom is -0.297 e. The van der Waals surface area contributed by atoms with Crippen LogP contribution in [-0.2, 0) is 17.4 Å². The van der Waals surface area contributed by atoms with E-state index in [0.717, 1.165) is 10.4 Å². The Balaban J connectivity index is 1.88. The molecule has 0 aliphatic heterocycles. The summed E-state index contributed by atoms with van der Waals surface area (Å²) >= 11 is 0. The standard InChI is InChI=1S/C20H21F4N5O/c1-11(2)18-14(10-25-29(18)16-7-5-15(21)6-8-16)9-17(30)12(3)28-13(4)26-19(27-28)20(22,23)24/h5-8,10-12H,9H2,1-4H3. The molecule has 3 rings (SSSR count). The van der Waals surface area contributed by atoms with Crippen molar-refractivity contribution in [2.45, 2.75) is 52.3 Å². The van der Waals surface area contributed by atoms with Crippen LogP contribution in [0.5, 0.6) is 0 Å². The molecule has 0 amide bonds. The third-order valence-corrected chi connectivity index (χ3v) is 4.76. The molecular formula is C20H21F4N5O. The molecule has 3 aromatic rings. The van der Waals surface area contributed by atoms with E-state index < -0.39 is 18.0 Å². The molecular weight excluding hydrogens is 402 g/mol. The number of aryl methyl sites for hydroxylation is 1. The van der Waals surface area contributed by atoms with Gasteiger partial charge in [0, 0.05) is 12.0 Å². The molecule has 1 unspecified atom stereocenters. The van der Waals surface area contributed by atoms with Gasteiger partial charge in [0.25, 0.3) is 5.82 Å². The molecule has 0 spiro atoms. The van der Waals surface area contributed by atoms with Gasteiger partial charge in [-0.05, 0) is 44.0 Å². The van der Waals surface area contributed by atoms with Crippen LogP contribution in [0.2, 0.25) is 0 Å². The molecule has 1 atom stereocenters. The molecule has 6 nitrogen and oxygen atoms in total. The number of ketones is 1. The summed E-state index contributed by atoms with van der Waals surface area (Å²) in [7, 11) is 0. The van der Waals surface area contributed by atoms with E-state index in [1.54, 1.807) is 23.0 Å². The second-order valence-electron chi connectivity index (χ2n) is 7.34. The highest BCUT2D eigenvalue weighted by Gasteiger charge is 2.37. The molecule has 160 valence electrons. The average Bonchev–Trinajstić information content (AvgIpc) is 3.25. The molecule has 0 radical (unpaired) electrons. The van der Waals surface area contributed by atoms with Gasteiger partial charge in [0.05, 0.1) is 17.6 Å². The van der Waals surface area contributed by atoms with Crippen LogP contribution >= 0.6 is 0 Å². The normalized spacial score (nSPS) is 13.1. The highest BCUT2D eigenvalue weighted by Crippen LogP contribution is 2.28. The van der Waals surface area contributed by atoms with E-state index in [9.17, 15) is 22.4 Å². The number of aromatic nitrogens is 5. The first kappa shape index (κ1) is 21.7. The first-order valence-corrected chi connectivity index (χ1v) is 9.34. The molecule has 0 N–H and O–H groups in total. The van der Waals surface area contributed by atoms with Gasteiger partial charge in [-0.1, -0.05) is 13.8 Å². The van der Waals surface area contributed by atoms with Crippen molar-refractivity contribution in [3.8, 4) is 5.69 Å². The van der Waals surface area contributed by atoms with Gasteiger partial charge >= 0.3 is 6.18 Å². The Morgan fingerprint density at radius 1 is 1.13 bits per heavy atom. The molecule has 30 heavy (non-hydrogen) atoms. The highest BCUT2D eigenvalue weighted by atomic mass is 19.4. The van der Waals surface area contributed by atoms with Gasteiger partial charge in [0.1, 0.15) is 17.7 Å². The fraction of sp³-hybridized carbons (Fsp3) is 0.400. The molecule has 0 fully saturated rings. The van der Waals surface area contributed by atoms with Gasteiger partial charge in [-0.2, -0.15) is 18.3 Å². The Hall–Kier alpha value is -3.04. The second-order valence-corrected chi connectivity index (χ2v) is 7.34. The number of carbonyl (C=O) groups excluding carboxylic acids is 1. The van der Waals surface area contributed by atoms with Crippen LogP contribution in [0, 0.1) is 12.7 Å². The lowest BCUT2D eigenvalue weighted by molar-refractivity contribution is -0.145. The van der Waals surface area contributed by atoms with Crippen molar-refractivity contribution >= 4 is 5.78 Å². The van der Waals surface area contributed by atoms with Gasteiger partial charge < -0.3 is 0 Å². The molecule has 10 heteroatoms. The molecule has 0 saturated carbocycles.